The Morgan fingerprint density at radius 1 is 0.875 bits per heavy atom. The van der Waals surface area contributed by atoms with Crippen LogP contribution in [0.15, 0.2) is 42.5 Å². The van der Waals surface area contributed by atoms with Crippen molar-refractivity contribution in [2.75, 3.05) is 6.61 Å². The molecule has 172 valence electrons. The normalized spacial score (nSPS) is 18.3. The molecule has 3 rings (SSSR count). The summed E-state index contributed by atoms with van der Waals surface area (Å²) in [5, 5.41) is 9.77. The number of hydrogen-bond donors (Lipinski definition) is 0. The highest BCUT2D eigenvalue weighted by atomic mass is 16.5. The highest BCUT2D eigenvalue weighted by Gasteiger charge is 2.22. The lowest BCUT2D eigenvalue weighted by atomic mass is 9.76. The van der Waals surface area contributed by atoms with Crippen LogP contribution in [0.1, 0.15) is 106 Å². The minimum absolute atomic E-state index is 0.638. The predicted octanol–water partition coefficient (Wildman–Crippen LogP) is 8.38. The molecule has 1 fully saturated rings. The van der Waals surface area contributed by atoms with E-state index in [0.717, 1.165) is 49.5 Å². The first-order chi connectivity index (χ1) is 15.7. The average molecular weight is 432 g/mol. The first-order valence-electron chi connectivity index (χ1n) is 13.0. The lowest BCUT2D eigenvalue weighted by molar-refractivity contribution is 0.303. The van der Waals surface area contributed by atoms with E-state index >= 15 is 0 Å². The molecule has 0 spiro atoms. The Balaban J connectivity index is 1.52. The largest absolute Gasteiger partial charge is 0.494 e. The number of rotatable bonds is 12. The van der Waals surface area contributed by atoms with Crippen LogP contribution in [-0.4, -0.2) is 6.61 Å². The molecule has 2 aromatic carbocycles. The number of aryl methyl sites for hydroxylation is 2. The van der Waals surface area contributed by atoms with E-state index in [9.17, 15) is 5.26 Å². The quantitative estimate of drug-likeness (QED) is 0.316. The summed E-state index contributed by atoms with van der Waals surface area (Å²) in [6, 6.07) is 17.6. The van der Waals surface area contributed by atoms with Crippen LogP contribution in [0.3, 0.4) is 0 Å². The summed E-state index contributed by atoms with van der Waals surface area (Å²) >= 11 is 0. The molecule has 0 unspecified atom stereocenters. The number of hydrogen-bond acceptors (Lipinski definition) is 2. The Morgan fingerprint density at radius 2 is 1.62 bits per heavy atom. The topological polar surface area (TPSA) is 33.0 Å². The van der Waals surface area contributed by atoms with E-state index in [0.29, 0.717) is 5.92 Å². The van der Waals surface area contributed by atoms with Crippen molar-refractivity contribution in [3.05, 3.63) is 64.7 Å². The molecule has 0 aliphatic heterocycles. The first-order valence-corrected chi connectivity index (χ1v) is 13.0. The van der Waals surface area contributed by atoms with Crippen LogP contribution in [-0.2, 0) is 12.8 Å². The van der Waals surface area contributed by atoms with Crippen molar-refractivity contribution in [1.82, 2.24) is 0 Å². The molecule has 0 amide bonds. The summed E-state index contributed by atoms with van der Waals surface area (Å²) in [4.78, 5) is 0. The molecule has 1 aliphatic rings. The maximum atomic E-state index is 9.77. The molecule has 0 bridgehead atoms. The zero-order valence-corrected chi connectivity index (χ0v) is 20.2. The fourth-order valence-electron chi connectivity index (χ4n) is 5.00. The van der Waals surface area contributed by atoms with Gasteiger partial charge in [-0.15, -0.1) is 0 Å². The number of ether oxygens (including phenoxy) is 1. The second-order valence-corrected chi connectivity index (χ2v) is 9.59. The third-order valence-electron chi connectivity index (χ3n) is 7.16. The van der Waals surface area contributed by atoms with Gasteiger partial charge in [0.1, 0.15) is 5.75 Å². The number of nitriles is 1. The summed E-state index contributed by atoms with van der Waals surface area (Å²) in [5.74, 6) is 2.51. The van der Waals surface area contributed by atoms with Crippen LogP contribution in [0, 0.1) is 17.2 Å². The van der Waals surface area contributed by atoms with E-state index in [-0.39, 0.29) is 0 Å². The van der Waals surface area contributed by atoms with Crippen LogP contribution in [0.5, 0.6) is 5.75 Å². The van der Waals surface area contributed by atoms with E-state index < -0.39 is 0 Å². The van der Waals surface area contributed by atoms with Gasteiger partial charge in [0.05, 0.1) is 18.2 Å². The van der Waals surface area contributed by atoms with Gasteiger partial charge in [0, 0.05) is 0 Å². The Hall–Kier alpha value is -2.27. The Labute approximate surface area is 196 Å². The second kappa shape index (κ2) is 13.3. The second-order valence-electron chi connectivity index (χ2n) is 9.59. The van der Waals surface area contributed by atoms with Crippen molar-refractivity contribution in [1.29, 1.82) is 5.26 Å². The van der Waals surface area contributed by atoms with E-state index in [2.05, 4.69) is 62.4 Å². The molecule has 0 heterocycles. The van der Waals surface area contributed by atoms with E-state index in [1.54, 1.807) is 0 Å². The lowest BCUT2D eigenvalue weighted by Gasteiger charge is -2.29. The van der Waals surface area contributed by atoms with Gasteiger partial charge in [-0.3, -0.25) is 0 Å². The molecule has 2 aromatic rings. The van der Waals surface area contributed by atoms with Crippen molar-refractivity contribution in [2.45, 2.75) is 96.8 Å². The maximum Gasteiger partial charge on any atom is 0.119 e. The molecule has 2 heteroatoms. The molecule has 32 heavy (non-hydrogen) atoms. The van der Waals surface area contributed by atoms with Crippen molar-refractivity contribution < 1.29 is 4.74 Å². The minimum atomic E-state index is 0.638. The Bertz CT molecular complexity index is 840. The Morgan fingerprint density at radius 3 is 2.31 bits per heavy atom. The smallest absolute Gasteiger partial charge is 0.119 e. The molecule has 0 N–H and O–H groups in total. The Kier molecular flexibility index (Phi) is 10.1. The van der Waals surface area contributed by atoms with Gasteiger partial charge in [-0.25, -0.2) is 0 Å². The van der Waals surface area contributed by atoms with Gasteiger partial charge in [0.25, 0.3) is 0 Å². The van der Waals surface area contributed by atoms with Gasteiger partial charge in [-0.1, -0.05) is 70.2 Å². The van der Waals surface area contributed by atoms with Gasteiger partial charge in [0.15, 0.2) is 0 Å². The van der Waals surface area contributed by atoms with Crippen LogP contribution >= 0.6 is 0 Å². The first kappa shape index (κ1) is 24.4. The predicted molar refractivity (Wildman–Crippen MR) is 134 cm³/mol. The summed E-state index contributed by atoms with van der Waals surface area (Å²) in [7, 11) is 0. The van der Waals surface area contributed by atoms with Crippen molar-refractivity contribution >= 4 is 0 Å². The molecular formula is C30H41NO. The van der Waals surface area contributed by atoms with E-state index in [1.807, 2.05) is 0 Å². The van der Waals surface area contributed by atoms with Crippen molar-refractivity contribution in [2.24, 2.45) is 5.92 Å². The molecule has 0 atom stereocenters. The van der Waals surface area contributed by atoms with Gasteiger partial charge in [0.2, 0.25) is 0 Å². The number of nitrogens with zero attached hydrogens (tertiary/aromatic N) is 1. The van der Waals surface area contributed by atoms with Crippen LogP contribution < -0.4 is 4.74 Å². The van der Waals surface area contributed by atoms with Crippen LogP contribution in [0.4, 0.5) is 0 Å². The van der Waals surface area contributed by atoms with Crippen LogP contribution in [0.25, 0.3) is 0 Å². The van der Waals surface area contributed by atoms with E-state index in [1.165, 1.54) is 68.1 Å². The summed E-state index contributed by atoms with van der Waals surface area (Å²) < 4.78 is 5.76. The SMILES string of the molecule is CCCCC[C@H]1CC[C@H](c2ccc(CCc3ccc(OCCCC)cc3)c(C#N)c2)CC1. The third-order valence-corrected chi connectivity index (χ3v) is 7.16. The maximum absolute atomic E-state index is 9.77. The van der Waals surface area contributed by atoms with Crippen molar-refractivity contribution in [3.63, 3.8) is 0 Å². The van der Waals surface area contributed by atoms with Gasteiger partial charge >= 0.3 is 0 Å². The molecule has 1 saturated carbocycles. The molecule has 1 aliphatic carbocycles. The van der Waals surface area contributed by atoms with Gasteiger partial charge < -0.3 is 4.74 Å². The molecular weight excluding hydrogens is 390 g/mol. The van der Waals surface area contributed by atoms with Gasteiger partial charge in [-0.2, -0.15) is 5.26 Å². The monoisotopic (exact) mass is 431 g/mol. The summed E-state index contributed by atoms with van der Waals surface area (Å²) in [6.07, 6.45) is 14.9. The third kappa shape index (κ3) is 7.40. The highest BCUT2D eigenvalue weighted by Crippen LogP contribution is 2.38. The number of benzene rings is 2. The minimum Gasteiger partial charge on any atom is -0.494 e. The summed E-state index contributed by atoms with van der Waals surface area (Å²) in [5.41, 5.74) is 4.72. The fraction of sp³-hybridized carbons (Fsp3) is 0.567. The number of unbranched alkanes of at least 4 members (excludes halogenated alkanes) is 3. The molecule has 0 aromatic heterocycles. The zero-order chi connectivity index (χ0) is 22.6. The highest BCUT2D eigenvalue weighted by molar-refractivity contribution is 5.42. The zero-order valence-electron chi connectivity index (χ0n) is 20.2. The fourth-order valence-corrected chi connectivity index (χ4v) is 5.00. The average Bonchev–Trinajstić information content (AvgIpc) is 2.84. The van der Waals surface area contributed by atoms with Gasteiger partial charge in [-0.05, 0) is 91.7 Å². The molecule has 0 saturated heterocycles. The van der Waals surface area contributed by atoms with E-state index in [4.69, 9.17) is 4.74 Å². The molecule has 0 radical (unpaired) electrons. The van der Waals surface area contributed by atoms with Crippen molar-refractivity contribution in [3.8, 4) is 11.8 Å². The molecule has 2 nitrogen and oxygen atoms in total. The standard InChI is InChI=1S/C30H41NO/c1-3-5-7-8-24-9-14-26(15-10-24)28-18-17-27(29(22-28)23-31)16-11-25-12-19-30(20-13-25)32-21-6-4-2/h12-13,17-20,22,24,26H,3-11,14-16,21H2,1-2H3/t24-,26-. The lowest BCUT2D eigenvalue weighted by Crippen LogP contribution is -2.13. The van der Waals surface area contributed by atoms with Crippen LogP contribution in [0.2, 0.25) is 0 Å². The summed E-state index contributed by atoms with van der Waals surface area (Å²) in [6.45, 7) is 5.25.